The minimum atomic E-state index is -3.91. The highest BCUT2D eigenvalue weighted by molar-refractivity contribution is 8.01. The topological polar surface area (TPSA) is 113 Å². The van der Waals surface area contributed by atoms with E-state index in [2.05, 4.69) is 10.0 Å². The first-order valence-corrected chi connectivity index (χ1v) is 12.1. The van der Waals surface area contributed by atoms with Crippen molar-refractivity contribution >= 4 is 50.8 Å². The molecule has 8 nitrogen and oxygen atoms in total. The molecule has 4 rings (SSSR count). The number of nitrogens with zero attached hydrogens (tertiary/aromatic N) is 1. The van der Waals surface area contributed by atoms with Gasteiger partial charge in [-0.1, -0.05) is 0 Å². The van der Waals surface area contributed by atoms with Crippen molar-refractivity contribution in [3.63, 3.8) is 0 Å². The van der Waals surface area contributed by atoms with Gasteiger partial charge in [-0.2, -0.15) is 0 Å². The average molecular weight is 460 g/mol. The van der Waals surface area contributed by atoms with Crippen molar-refractivity contribution in [3.8, 4) is 0 Å². The van der Waals surface area contributed by atoms with Gasteiger partial charge < -0.3 is 10.2 Å². The highest BCUT2D eigenvalue weighted by Gasteiger charge is 2.37. The van der Waals surface area contributed by atoms with Crippen LogP contribution in [0.3, 0.4) is 0 Å². The van der Waals surface area contributed by atoms with Crippen molar-refractivity contribution in [1.29, 1.82) is 0 Å². The predicted octanol–water partition coefficient (Wildman–Crippen LogP) is 2.73. The number of sulfonamides is 1. The number of nitrogens with one attached hydrogen (secondary N) is 2. The number of carbonyl (C=O) groups is 3. The maximum atomic E-state index is 12.8. The number of fused-ring (bicyclic) bond motifs is 1. The van der Waals surface area contributed by atoms with Crippen molar-refractivity contribution in [2.75, 3.05) is 23.1 Å². The fraction of sp³-hybridized carbons (Fsp3) is 0.286. The molecule has 0 radical (unpaired) electrons. The van der Waals surface area contributed by atoms with E-state index in [9.17, 15) is 22.8 Å². The maximum Gasteiger partial charge on any atom is 0.261 e. The first-order chi connectivity index (χ1) is 14.7. The summed E-state index contributed by atoms with van der Waals surface area (Å²) in [6.07, 6.45) is 1.88. The lowest BCUT2D eigenvalue weighted by Gasteiger charge is -2.27. The molecule has 2 aliphatic heterocycles. The van der Waals surface area contributed by atoms with Crippen molar-refractivity contribution < 1.29 is 22.8 Å². The molecule has 2 amide bonds. The molecule has 0 unspecified atom stereocenters. The second-order valence-electron chi connectivity index (χ2n) is 7.42. The molecule has 2 heterocycles. The Kier molecular flexibility index (Phi) is 5.76. The van der Waals surface area contributed by atoms with E-state index in [1.807, 2.05) is 0 Å². The number of benzene rings is 2. The largest absolute Gasteiger partial charge is 0.341 e. The molecular formula is C21H21N3O5S2. The van der Waals surface area contributed by atoms with E-state index in [1.165, 1.54) is 31.2 Å². The van der Waals surface area contributed by atoms with Crippen LogP contribution in [0.1, 0.15) is 30.1 Å². The molecule has 10 heteroatoms. The summed E-state index contributed by atoms with van der Waals surface area (Å²) in [6, 6.07) is 10.5. The van der Waals surface area contributed by atoms with Crippen LogP contribution in [0, 0.1) is 0 Å². The van der Waals surface area contributed by atoms with Crippen LogP contribution in [0.15, 0.2) is 52.3 Å². The van der Waals surface area contributed by atoms with Crippen LogP contribution in [0.4, 0.5) is 11.4 Å². The molecule has 0 spiro atoms. The van der Waals surface area contributed by atoms with Crippen LogP contribution in [0.2, 0.25) is 0 Å². The number of anilines is 2. The van der Waals surface area contributed by atoms with Crippen LogP contribution < -0.4 is 10.0 Å². The molecule has 0 bridgehead atoms. The highest BCUT2D eigenvalue weighted by Crippen LogP contribution is 2.38. The van der Waals surface area contributed by atoms with Gasteiger partial charge in [-0.25, -0.2) is 8.42 Å². The van der Waals surface area contributed by atoms with Gasteiger partial charge in [0, 0.05) is 29.2 Å². The SMILES string of the molecule is CC(=O)c1ccc(NS(=O)(=O)c2ccc3c(c2)NC(=O)[C@H](C(=O)N2CCCC2)S3)cc1. The highest BCUT2D eigenvalue weighted by atomic mass is 32.2. The van der Waals surface area contributed by atoms with E-state index in [4.69, 9.17) is 0 Å². The monoisotopic (exact) mass is 459 g/mol. The zero-order chi connectivity index (χ0) is 22.2. The number of rotatable bonds is 5. The molecule has 2 aromatic carbocycles. The molecule has 0 aliphatic carbocycles. The number of Topliss-reactive ketones (excluding diaryl/α,β-unsaturated/α-hetero) is 1. The Morgan fingerprint density at radius 2 is 1.77 bits per heavy atom. The molecule has 2 aromatic rings. The van der Waals surface area contributed by atoms with Gasteiger partial charge in [0.25, 0.3) is 10.0 Å². The molecule has 31 heavy (non-hydrogen) atoms. The summed E-state index contributed by atoms with van der Waals surface area (Å²) in [5, 5.41) is 1.80. The Labute approximate surface area is 184 Å². The van der Waals surface area contributed by atoms with Gasteiger partial charge in [-0.15, -0.1) is 11.8 Å². The van der Waals surface area contributed by atoms with Gasteiger partial charge in [0.1, 0.15) is 0 Å². The van der Waals surface area contributed by atoms with E-state index in [0.717, 1.165) is 24.6 Å². The van der Waals surface area contributed by atoms with Gasteiger partial charge >= 0.3 is 0 Å². The number of ketones is 1. The summed E-state index contributed by atoms with van der Waals surface area (Å²) >= 11 is 1.14. The van der Waals surface area contributed by atoms with Crippen LogP contribution in [-0.2, 0) is 19.6 Å². The van der Waals surface area contributed by atoms with Crippen molar-refractivity contribution in [3.05, 3.63) is 48.0 Å². The van der Waals surface area contributed by atoms with Crippen molar-refractivity contribution in [2.45, 2.75) is 34.8 Å². The fourth-order valence-corrected chi connectivity index (χ4v) is 5.65. The van der Waals surface area contributed by atoms with Crippen LogP contribution in [-0.4, -0.2) is 49.3 Å². The first kappa shape index (κ1) is 21.4. The maximum absolute atomic E-state index is 12.8. The smallest absolute Gasteiger partial charge is 0.261 e. The second-order valence-corrected chi connectivity index (χ2v) is 10.2. The van der Waals surface area contributed by atoms with E-state index >= 15 is 0 Å². The summed E-state index contributed by atoms with van der Waals surface area (Å²) in [6.45, 7) is 2.75. The molecule has 0 aromatic heterocycles. The van der Waals surface area contributed by atoms with E-state index < -0.39 is 21.2 Å². The first-order valence-electron chi connectivity index (χ1n) is 9.79. The molecule has 1 fully saturated rings. The summed E-state index contributed by atoms with van der Waals surface area (Å²) in [4.78, 5) is 38.8. The van der Waals surface area contributed by atoms with Crippen LogP contribution in [0.5, 0.6) is 0 Å². The number of thioether (sulfide) groups is 1. The van der Waals surface area contributed by atoms with Crippen LogP contribution >= 0.6 is 11.8 Å². The third-order valence-electron chi connectivity index (χ3n) is 5.19. The fourth-order valence-electron chi connectivity index (χ4n) is 3.51. The summed E-state index contributed by atoms with van der Waals surface area (Å²) in [5.41, 5.74) is 1.15. The average Bonchev–Trinajstić information content (AvgIpc) is 3.27. The molecule has 2 aliphatic rings. The normalized spacial score (nSPS) is 18.3. The van der Waals surface area contributed by atoms with E-state index in [1.54, 1.807) is 23.1 Å². The minimum absolute atomic E-state index is 0.0212. The predicted molar refractivity (Wildman–Crippen MR) is 118 cm³/mol. The summed E-state index contributed by atoms with van der Waals surface area (Å²) in [5.74, 6) is -0.770. The lowest BCUT2D eigenvalue weighted by atomic mass is 10.1. The molecule has 162 valence electrons. The Hall–Kier alpha value is -2.85. The zero-order valence-corrected chi connectivity index (χ0v) is 18.4. The number of likely N-dealkylation sites (tertiary alicyclic amines) is 1. The van der Waals surface area contributed by atoms with Crippen molar-refractivity contribution in [1.82, 2.24) is 4.90 Å². The second kappa shape index (κ2) is 8.35. The number of amides is 2. The lowest BCUT2D eigenvalue weighted by Crippen LogP contribution is -2.43. The Balaban J connectivity index is 1.53. The van der Waals surface area contributed by atoms with Gasteiger partial charge in [-0.05, 0) is 62.2 Å². The zero-order valence-electron chi connectivity index (χ0n) is 16.8. The van der Waals surface area contributed by atoms with E-state index in [0.29, 0.717) is 34.9 Å². The number of carbonyl (C=O) groups excluding carboxylic acids is 3. The quantitative estimate of drug-likeness (QED) is 0.525. The Bertz CT molecular complexity index is 1160. The third kappa shape index (κ3) is 4.45. The molecule has 0 saturated carbocycles. The number of hydrogen-bond acceptors (Lipinski definition) is 6. The Morgan fingerprint density at radius 3 is 2.42 bits per heavy atom. The molecule has 1 atom stereocenters. The summed E-state index contributed by atoms with van der Waals surface area (Å²) < 4.78 is 28.0. The summed E-state index contributed by atoms with van der Waals surface area (Å²) in [7, 11) is -3.91. The van der Waals surface area contributed by atoms with Gasteiger partial charge in [-0.3, -0.25) is 19.1 Å². The van der Waals surface area contributed by atoms with Gasteiger partial charge in [0.05, 0.1) is 10.6 Å². The van der Waals surface area contributed by atoms with Crippen LogP contribution in [0.25, 0.3) is 0 Å². The van der Waals surface area contributed by atoms with E-state index in [-0.39, 0.29) is 16.6 Å². The van der Waals surface area contributed by atoms with Gasteiger partial charge in [0.2, 0.25) is 11.8 Å². The molecular weight excluding hydrogens is 438 g/mol. The molecule has 1 saturated heterocycles. The standard InChI is InChI=1S/C21H21N3O5S2/c1-13(25)14-4-6-15(7-5-14)23-31(28,29)16-8-9-18-17(12-16)22-20(26)19(30-18)21(27)24-10-2-3-11-24/h4-9,12,19,23H,2-3,10-11H2,1H3,(H,22,26)/t19-/m1/s1. The van der Waals surface area contributed by atoms with Crippen molar-refractivity contribution in [2.24, 2.45) is 0 Å². The number of hydrogen-bond donors (Lipinski definition) is 2. The lowest BCUT2D eigenvalue weighted by molar-refractivity contribution is -0.133. The minimum Gasteiger partial charge on any atom is -0.341 e. The Morgan fingerprint density at radius 1 is 1.10 bits per heavy atom. The third-order valence-corrected chi connectivity index (χ3v) is 7.83. The van der Waals surface area contributed by atoms with Gasteiger partial charge in [0.15, 0.2) is 11.0 Å². The molecule has 2 N–H and O–H groups in total.